The fourth-order valence-electron chi connectivity index (χ4n) is 5.84. The second-order valence-electron chi connectivity index (χ2n) is 9.00. The van der Waals surface area contributed by atoms with Crippen LogP contribution < -0.4 is 5.32 Å². The van der Waals surface area contributed by atoms with Crippen LogP contribution in [0.2, 0.25) is 0 Å². The molecule has 2 aromatic carbocycles. The van der Waals surface area contributed by atoms with Crippen molar-refractivity contribution in [3.8, 4) is 0 Å². The number of likely N-dealkylation sites (tertiary alicyclic amines) is 1. The predicted molar refractivity (Wildman–Crippen MR) is 124 cm³/mol. The Morgan fingerprint density at radius 3 is 1.79 bits per heavy atom. The van der Waals surface area contributed by atoms with Gasteiger partial charge in [0.2, 0.25) is 17.7 Å². The molecule has 7 rings (SSSR count). The summed E-state index contributed by atoms with van der Waals surface area (Å²) in [5.74, 6) is -2.78. The maximum absolute atomic E-state index is 13.9. The van der Waals surface area contributed by atoms with E-state index >= 15 is 0 Å². The zero-order valence-electron chi connectivity index (χ0n) is 18.2. The normalized spacial score (nSPS) is 29.5. The van der Waals surface area contributed by atoms with E-state index in [0.717, 1.165) is 4.90 Å². The molecule has 4 aliphatic rings. The summed E-state index contributed by atoms with van der Waals surface area (Å²) in [6.45, 7) is 3.19. The molecule has 172 valence electrons. The van der Waals surface area contributed by atoms with Crippen molar-refractivity contribution in [2.24, 2.45) is 11.8 Å². The van der Waals surface area contributed by atoms with Gasteiger partial charge in [0.15, 0.2) is 5.82 Å². The second-order valence-corrected chi connectivity index (χ2v) is 10.2. The third kappa shape index (κ3) is 2.43. The average molecular weight is 496 g/mol. The Hall–Kier alpha value is -3.16. The zero-order valence-corrected chi connectivity index (χ0v) is 19.7. The lowest BCUT2D eigenvalue weighted by Crippen LogP contribution is -2.57. The number of anilines is 1. The smallest absolute Gasteiger partial charge is 0.248 e. The van der Waals surface area contributed by atoms with E-state index in [4.69, 9.17) is 27.7 Å². The Labute approximate surface area is 205 Å². The van der Waals surface area contributed by atoms with Gasteiger partial charge in [0.05, 0.1) is 11.8 Å². The molecule has 1 N–H and O–H groups in total. The summed E-state index contributed by atoms with van der Waals surface area (Å²) in [5.41, 5.74) is 2.85. The van der Waals surface area contributed by atoms with E-state index in [-0.39, 0.29) is 5.82 Å². The molecular formula is C25H19Cl2N3O4. The van der Waals surface area contributed by atoms with Gasteiger partial charge in [-0.05, 0) is 36.1 Å². The zero-order chi connectivity index (χ0) is 24.0. The third-order valence-corrected chi connectivity index (χ3v) is 8.55. The molecule has 34 heavy (non-hydrogen) atoms. The molecule has 3 atom stereocenters. The summed E-state index contributed by atoms with van der Waals surface area (Å²) in [6, 6.07) is 15.2. The highest BCUT2D eigenvalue weighted by Gasteiger charge is 2.73. The van der Waals surface area contributed by atoms with Crippen molar-refractivity contribution >= 4 is 46.7 Å². The van der Waals surface area contributed by atoms with Crippen LogP contribution in [0.3, 0.4) is 0 Å². The van der Waals surface area contributed by atoms with Crippen LogP contribution in [0.15, 0.2) is 59.1 Å². The van der Waals surface area contributed by atoms with Crippen molar-refractivity contribution in [3.05, 3.63) is 82.6 Å². The minimum atomic E-state index is -1.28. The number of carbonyl (C=O) groups is 3. The number of hydrogen-bond acceptors (Lipinski definition) is 5. The fourth-order valence-corrected chi connectivity index (χ4v) is 6.94. The molecule has 3 aliphatic carbocycles. The van der Waals surface area contributed by atoms with Crippen LogP contribution in [-0.4, -0.2) is 33.8 Å². The SMILES string of the molecule is Cc1cc(NC(=O)[C@@H](C)N2C(=O)[C@@H]3[C@H](C2=O)C2(Cl)c4ccccc4C3(Cl)c3ccccc32)no1. The minimum Gasteiger partial charge on any atom is -0.360 e. The van der Waals surface area contributed by atoms with E-state index < -0.39 is 45.3 Å². The predicted octanol–water partition coefficient (Wildman–Crippen LogP) is 3.90. The molecule has 0 radical (unpaired) electrons. The van der Waals surface area contributed by atoms with E-state index in [9.17, 15) is 14.4 Å². The van der Waals surface area contributed by atoms with Crippen LogP contribution in [0, 0.1) is 18.8 Å². The van der Waals surface area contributed by atoms with Crippen LogP contribution in [0.4, 0.5) is 5.82 Å². The minimum absolute atomic E-state index is 0.202. The maximum Gasteiger partial charge on any atom is 0.248 e. The number of aromatic nitrogens is 1. The van der Waals surface area contributed by atoms with Gasteiger partial charge in [-0.2, -0.15) is 0 Å². The van der Waals surface area contributed by atoms with Gasteiger partial charge in [0.1, 0.15) is 21.6 Å². The molecular weight excluding hydrogens is 477 g/mol. The molecule has 3 amide bonds. The second kappa shape index (κ2) is 6.93. The highest BCUT2D eigenvalue weighted by molar-refractivity contribution is 6.36. The summed E-state index contributed by atoms with van der Waals surface area (Å²) in [5, 5.41) is 6.35. The van der Waals surface area contributed by atoms with Crippen molar-refractivity contribution in [2.75, 3.05) is 5.32 Å². The lowest BCUT2D eigenvalue weighted by Gasteiger charge is -2.54. The quantitative estimate of drug-likeness (QED) is 0.439. The number of aryl methyl sites for hydroxylation is 1. The number of nitrogens with zero attached hydrogens (tertiary/aromatic N) is 2. The van der Waals surface area contributed by atoms with Gasteiger partial charge < -0.3 is 9.84 Å². The number of carbonyl (C=O) groups excluding carboxylic acids is 3. The van der Waals surface area contributed by atoms with E-state index in [2.05, 4.69) is 10.5 Å². The summed E-state index contributed by atoms with van der Waals surface area (Å²) >= 11 is 14.8. The highest BCUT2D eigenvalue weighted by Crippen LogP contribution is 2.69. The molecule has 2 heterocycles. The van der Waals surface area contributed by atoms with E-state index in [1.165, 1.54) is 6.92 Å². The molecule has 1 fully saturated rings. The first-order chi connectivity index (χ1) is 16.2. The van der Waals surface area contributed by atoms with Gasteiger partial charge in [-0.3, -0.25) is 19.3 Å². The van der Waals surface area contributed by atoms with Gasteiger partial charge in [0.25, 0.3) is 0 Å². The topological polar surface area (TPSA) is 92.5 Å². The van der Waals surface area contributed by atoms with Crippen molar-refractivity contribution in [1.29, 1.82) is 0 Å². The lowest BCUT2D eigenvalue weighted by molar-refractivity contribution is -0.146. The van der Waals surface area contributed by atoms with Gasteiger partial charge in [-0.15, -0.1) is 23.2 Å². The standard InChI is InChI=1S/C25H19Cl2N3O4/c1-12-11-18(29-34-12)28-21(31)13(2)30-22(32)19-20(23(30)33)25(27)15-8-4-3-7-14(15)24(19,26)16-9-5-6-10-17(16)25/h3-11,13,19-20H,1-2H3,(H,28,29,31)/t13-,19-,20+,24?,25?/m1/s1. The van der Waals surface area contributed by atoms with Crippen LogP contribution in [0.1, 0.15) is 34.9 Å². The maximum atomic E-state index is 13.9. The van der Waals surface area contributed by atoms with Gasteiger partial charge in [0, 0.05) is 6.07 Å². The number of halogens is 2. The van der Waals surface area contributed by atoms with E-state index in [1.807, 2.05) is 48.5 Å². The summed E-state index contributed by atoms with van der Waals surface area (Å²) in [4.78, 5) is 39.1. The van der Waals surface area contributed by atoms with Crippen molar-refractivity contribution in [2.45, 2.75) is 29.6 Å². The molecule has 0 spiro atoms. The first-order valence-corrected chi connectivity index (χ1v) is 11.6. The van der Waals surface area contributed by atoms with Crippen molar-refractivity contribution < 1.29 is 18.9 Å². The summed E-state index contributed by atoms with van der Waals surface area (Å²) in [6.07, 6.45) is 0. The average Bonchev–Trinajstić information content (AvgIpc) is 3.36. The van der Waals surface area contributed by atoms with Crippen molar-refractivity contribution in [3.63, 3.8) is 0 Å². The third-order valence-electron chi connectivity index (χ3n) is 7.27. The molecule has 7 nitrogen and oxygen atoms in total. The van der Waals surface area contributed by atoms with Crippen LogP contribution >= 0.6 is 23.2 Å². The van der Waals surface area contributed by atoms with Crippen LogP contribution in [0.5, 0.6) is 0 Å². The molecule has 1 saturated heterocycles. The summed E-state index contributed by atoms with van der Waals surface area (Å²) in [7, 11) is 0. The van der Waals surface area contributed by atoms with E-state index in [1.54, 1.807) is 13.0 Å². The number of amides is 3. The number of imide groups is 1. The van der Waals surface area contributed by atoms with Crippen LogP contribution in [-0.2, 0) is 24.1 Å². The van der Waals surface area contributed by atoms with Gasteiger partial charge >= 0.3 is 0 Å². The highest BCUT2D eigenvalue weighted by atomic mass is 35.5. The molecule has 9 heteroatoms. The Bertz CT molecular complexity index is 1280. The molecule has 0 unspecified atom stereocenters. The van der Waals surface area contributed by atoms with Crippen LogP contribution in [0.25, 0.3) is 0 Å². The lowest BCUT2D eigenvalue weighted by atomic mass is 9.54. The first kappa shape index (κ1) is 21.4. The molecule has 1 aromatic heterocycles. The Morgan fingerprint density at radius 2 is 1.41 bits per heavy atom. The molecule has 0 saturated carbocycles. The number of benzene rings is 2. The molecule has 2 bridgehead atoms. The fraction of sp³-hybridized carbons (Fsp3) is 0.280. The Kier molecular flexibility index (Phi) is 4.36. The largest absolute Gasteiger partial charge is 0.360 e. The van der Waals surface area contributed by atoms with Gasteiger partial charge in [-0.25, -0.2) is 0 Å². The van der Waals surface area contributed by atoms with Gasteiger partial charge in [-0.1, -0.05) is 53.7 Å². The number of hydrogen-bond donors (Lipinski definition) is 1. The molecule has 3 aromatic rings. The number of rotatable bonds is 3. The first-order valence-electron chi connectivity index (χ1n) is 10.9. The van der Waals surface area contributed by atoms with Crippen molar-refractivity contribution in [1.82, 2.24) is 10.1 Å². The van der Waals surface area contributed by atoms with E-state index in [0.29, 0.717) is 28.0 Å². The Balaban J connectivity index is 1.47. The number of nitrogens with one attached hydrogen (secondary N) is 1. The molecule has 1 aliphatic heterocycles. The summed E-state index contributed by atoms with van der Waals surface area (Å²) < 4.78 is 4.98. The number of alkyl halides is 2. The Morgan fingerprint density at radius 1 is 0.971 bits per heavy atom. The monoisotopic (exact) mass is 495 g/mol.